The second kappa shape index (κ2) is 4.94. The number of halogens is 3. The first-order valence-corrected chi connectivity index (χ1v) is 6.00. The lowest BCUT2D eigenvalue weighted by Gasteiger charge is -2.27. The number of aldehydes is 1. The van der Waals surface area contributed by atoms with Crippen LogP contribution in [0.25, 0.3) is 11.0 Å². The number of alkyl halides is 3. The van der Waals surface area contributed by atoms with E-state index >= 15 is 0 Å². The maximum Gasteiger partial charge on any atom is 0.424 e. The quantitative estimate of drug-likeness (QED) is 0.876. The van der Waals surface area contributed by atoms with Gasteiger partial charge in [-0.25, -0.2) is 0 Å². The first-order valence-electron chi connectivity index (χ1n) is 6.00. The Hall–Kier alpha value is -1.82. The highest BCUT2D eigenvalue weighted by Gasteiger charge is 2.54. The molecule has 0 aliphatic rings. The highest BCUT2D eigenvalue weighted by molar-refractivity contribution is 5.80. The Morgan fingerprint density at radius 3 is 2.65 bits per heavy atom. The zero-order valence-electron chi connectivity index (χ0n) is 10.6. The van der Waals surface area contributed by atoms with Crippen molar-refractivity contribution in [3.05, 3.63) is 36.1 Å². The van der Waals surface area contributed by atoms with Crippen LogP contribution < -0.4 is 0 Å². The van der Waals surface area contributed by atoms with Gasteiger partial charge in [0.1, 0.15) is 5.58 Å². The van der Waals surface area contributed by atoms with Crippen LogP contribution in [0.5, 0.6) is 0 Å². The van der Waals surface area contributed by atoms with E-state index in [4.69, 9.17) is 4.42 Å². The van der Waals surface area contributed by atoms with E-state index in [-0.39, 0.29) is 0 Å². The van der Waals surface area contributed by atoms with Crippen LogP contribution in [0.1, 0.15) is 24.8 Å². The number of rotatable bonds is 4. The molecule has 0 amide bonds. The van der Waals surface area contributed by atoms with Crippen molar-refractivity contribution in [2.75, 3.05) is 0 Å². The molecule has 0 saturated heterocycles. The summed E-state index contributed by atoms with van der Waals surface area (Å²) in [5.74, 6) is -0.693. The van der Waals surface area contributed by atoms with Gasteiger partial charge in [-0.1, -0.05) is 25.1 Å². The Labute approximate surface area is 113 Å². The molecule has 20 heavy (non-hydrogen) atoms. The van der Waals surface area contributed by atoms with Crippen LogP contribution in [0, 0.1) is 0 Å². The number of furan rings is 1. The largest absolute Gasteiger partial charge is 0.464 e. The molecule has 0 saturated carbocycles. The maximum atomic E-state index is 12.7. The summed E-state index contributed by atoms with van der Waals surface area (Å²) in [5.41, 5.74) is -2.35. The fourth-order valence-corrected chi connectivity index (χ4v) is 2.21. The van der Waals surface area contributed by atoms with Crippen LogP contribution in [-0.2, 0) is 4.79 Å². The molecule has 0 aliphatic heterocycles. The van der Waals surface area contributed by atoms with Crippen LogP contribution in [0.3, 0.4) is 0 Å². The summed E-state index contributed by atoms with van der Waals surface area (Å²) >= 11 is 0. The molecule has 2 atom stereocenters. The van der Waals surface area contributed by atoms with Gasteiger partial charge in [0.05, 0.1) is 6.26 Å². The standard InChI is InChI=1S/C14H13F3O3/c1-9(7-13(19,8-18)14(15,16)17)11-4-2-3-10-5-6-20-12(10)11/h2-6,8-9,19H,7H2,1H3. The molecule has 1 aromatic heterocycles. The van der Waals surface area contributed by atoms with Crippen LogP contribution in [0.4, 0.5) is 13.2 Å². The van der Waals surface area contributed by atoms with Crippen molar-refractivity contribution in [3.8, 4) is 0 Å². The Kier molecular flexibility index (Phi) is 3.60. The molecule has 1 heterocycles. The number of carbonyl (C=O) groups is 1. The fourth-order valence-electron chi connectivity index (χ4n) is 2.21. The summed E-state index contributed by atoms with van der Waals surface area (Å²) in [6.45, 7) is 1.51. The first kappa shape index (κ1) is 14.6. The summed E-state index contributed by atoms with van der Waals surface area (Å²) in [5, 5.41) is 10.2. The summed E-state index contributed by atoms with van der Waals surface area (Å²) < 4.78 is 43.4. The normalized spacial score (nSPS) is 16.9. The van der Waals surface area contributed by atoms with Crippen molar-refractivity contribution in [2.24, 2.45) is 0 Å². The fraction of sp³-hybridized carbons (Fsp3) is 0.357. The number of hydrogen-bond acceptors (Lipinski definition) is 3. The lowest BCUT2D eigenvalue weighted by atomic mass is 9.87. The summed E-state index contributed by atoms with van der Waals surface area (Å²) in [7, 11) is 0. The SMILES string of the molecule is CC(CC(O)(C=O)C(F)(F)F)c1cccc2ccoc12. The van der Waals surface area contributed by atoms with Crippen molar-refractivity contribution in [1.29, 1.82) is 0 Å². The number of fused-ring (bicyclic) bond motifs is 1. The van der Waals surface area contributed by atoms with E-state index in [0.717, 1.165) is 5.39 Å². The van der Waals surface area contributed by atoms with E-state index in [2.05, 4.69) is 0 Å². The van der Waals surface area contributed by atoms with Crippen LogP contribution in [-0.4, -0.2) is 23.2 Å². The van der Waals surface area contributed by atoms with Gasteiger partial charge in [0.15, 0.2) is 6.29 Å². The molecule has 1 N–H and O–H groups in total. The minimum absolute atomic E-state index is 0.453. The van der Waals surface area contributed by atoms with E-state index in [0.29, 0.717) is 11.1 Å². The van der Waals surface area contributed by atoms with Gasteiger partial charge in [-0.15, -0.1) is 0 Å². The highest BCUT2D eigenvalue weighted by atomic mass is 19.4. The van der Waals surface area contributed by atoms with Gasteiger partial charge in [-0.3, -0.25) is 4.79 Å². The van der Waals surface area contributed by atoms with Crippen LogP contribution in [0.15, 0.2) is 34.9 Å². The molecular formula is C14H13F3O3. The van der Waals surface area contributed by atoms with E-state index in [1.165, 1.54) is 13.2 Å². The molecule has 0 aliphatic carbocycles. The molecular weight excluding hydrogens is 273 g/mol. The van der Waals surface area contributed by atoms with Gasteiger partial charge < -0.3 is 9.52 Å². The average molecular weight is 286 g/mol. The van der Waals surface area contributed by atoms with Crippen LogP contribution >= 0.6 is 0 Å². The second-order valence-electron chi connectivity index (χ2n) is 4.83. The summed E-state index contributed by atoms with van der Waals surface area (Å²) in [6.07, 6.45) is -4.76. The second-order valence-corrected chi connectivity index (χ2v) is 4.83. The third kappa shape index (κ3) is 2.43. The molecule has 2 rings (SSSR count). The Morgan fingerprint density at radius 1 is 1.35 bits per heavy atom. The van der Waals surface area contributed by atoms with Crippen LogP contribution in [0.2, 0.25) is 0 Å². The van der Waals surface area contributed by atoms with Crippen molar-refractivity contribution >= 4 is 17.3 Å². The molecule has 0 spiro atoms. The summed E-state index contributed by atoms with van der Waals surface area (Å²) in [6, 6.07) is 6.78. The highest BCUT2D eigenvalue weighted by Crippen LogP contribution is 2.38. The third-order valence-electron chi connectivity index (χ3n) is 3.34. The minimum Gasteiger partial charge on any atom is -0.464 e. The molecule has 2 unspecified atom stereocenters. The minimum atomic E-state index is -5.00. The number of carbonyl (C=O) groups excluding carboxylic acids is 1. The Balaban J connectivity index is 2.35. The van der Waals surface area contributed by atoms with E-state index in [9.17, 15) is 23.1 Å². The first-order chi connectivity index (χ1) is 9.28. The Morgan fingerprint density at radius 2 is 2.05 bits per heavy atom. The van der Waals surface area contributed by atoms with Gasteiger partial charge in [0.2, 0.25) is 5.60 Å². The van der Waals surface area contributed by atoms with Gasteiger partial charge in [0, 0.05) is 5.39 Å². The molecule has 3 nitrogen and oxygen atoms in total. The van der Waals surface area contributed by atoms with E-state index < -0.39 is 30.4 Å². The molecule has 0 bridgehead atoms. The zero-order valence-corrected chi connectivity index (χ0v) is 10.6. The number of aliphatic hydroxyl groups is 1. The third-order valence-corrected chi connectivity index (χ3v) is 3.34. The number of benzene rings is 1. The lowest BCUT2D eigenvalue weighted by Crippen LogP contribution is -2.47. The number of hydrogen-bond donors (Lipinski definition) is 1. The molecule has 0 fully saturated rings. The average Bonchev–Trinajstić information content (AvgIpc) is 2.84. The number of para-hydroxylation sites is 1. The summed E-state index contributed by atoms with van der Waals surface area (Å²) in [4.78, 5) is 10.7. The molecule has 1 aromatic carbocycles. The van der Waals surface area contributed by atoms with Gasteiger partial charge >= 0.3 is 6.18 Å². The topological polar surface area (TPSA) is 50.4 Å². The predicted octanol–water partition coefficient (Wildman–Crippen LogP) is 3.42. The molecule has 0 radical (unpaired) electrons. The van der Waals surface area contributed by atoms with Crippen molar-refractivity contribution in [3.63, 3.8) is 0 Å². The van der Waals surface area contributed by atoms with E-state index in [1.54, 1.807) is 24.3 Å². The van der Waals surface area contributed by atoms with Crippen molar-refractivity contribution in [1.82, 2.24) is 0 Å². The molecule has 2 aromatic rings. The van der Waals surface area contributed by atoms with Gasteiger partial charge in [-0.2, -0.15) is 13.2 Å². The van der Waals surface area contributed by atoms with Crippen molar-refractivity contribution in [2.45, 2.75) is 31.0 Å². The predicted molar refractivity (Wildman–Crippen MR) is 66.3 cm³/mol. The smallest absolute Gasteiger partial charge is 0.424 e. The monoisotopic (exact) mass is 286 g/mol. The lowest BCUT2D eigenvalue weighted by molar-refractivity contribution is -0.247. The molecule has 108 valence electrons. The zero-order chi connectivity index (χ0) is 15.0. The maximum absolute atomic E-state index is 12.7. The van der Waals surface area contributed by atoms with Gasteiger partial charge in [0.25, 0.3) is 0 Å². The van der Waals surface area contributed by atoms with E-state index in [1.807, 2.05) is 0 Å². The molecule has 6 heteroatoms. The van der Waals surface area contributed by atoms with Gasteiger partial charge in [-0.05, 0) is 24.0 Å². The Bertz CT molecular complexity index is 617. The van der Waals surface area contributed by atoms with Crippen molar-refractivity contribution < 1.29 is 27.5 Å².